The van der Waals surface area contributed by atoms with Crippen LogP contribution in [0.1, 0.15) is 24.2 Å². The lowest BCUT2D eigenvalue weighted by Gasteiger charge is -2.35. The topological polar surface area (TPSA) is 66.0 Å². The number of nitrogens with one attached hydrogen (secondary N) is 1. The summed E-state index contributed by atoms with van der Waals surface area (Å²) in [4.78, 5) is 24.4. The molecule has 1 fully saturated rings. The van der Waals surface area contributed by atoms with Crippen LogP contribution in [0.15, 0.2) is 65.1 Å². The Morgan fingerprint density at radius 2 is 1.75 bits per heavy atom. The van der Waals surface area contributed by atoms with Crippen molar-refractivity contribution in [1.82, 2.24) is 9.88 Å². The minimum atomic E-state index is -4.36. The van der Waals surface area contributed by atoms with E-state index in [4.69, 9.17) is 11.0 Å². The first kappa shape index (κ1) is 27.1. The highest BCUT2D eigenvalue weighted by molar-refractivity contribution is 5.92. The van der Waals surface area contributed by atoms with Crippen molar-refractivity contribution in [2.24, 2.45) is 0 Å². The lowest BCUT2D eigenvalue weighted by Crippen LogP contribution is -2.48. The van der Waals surface area contributed by atoms with E-state index < -0.39 is 17.9 Å². The van der Waals surface area contributed by atoms with Gasteiger partial charge in [-0.2, -0.15) is 13.2 Å². The number of nitrogens with zero attached hydrogens (tertiary/aromatic N) is 4. The zero-order chi connectivity index (χ0) is 28.4. The number of oxazole rings is 1. The van der Waals surface area contributed by atoms with Crippen LogP contribution in [-0.4, -0.2) is 48.5 Å². The first-order valence-electron chi connectivity index (χ1n) is 12.6. The average Bonchev–Trinajstić information content (AvgIpc) is 3.37. The van der Waals surface area contributed by atoms with Crippen molar-refractivity contribution in [2.75, 3.05) is 42.9 Å². The van der Waals surface area contributed by atoms with Gasteiger partial charge >= 0.3 is 6.18 Å². The summed E-state index contributed by atoms with van der Waals surface area (Å²) in [7, 11) is 0. The number of halogens is 4. The van der Waals surface area contributed by atoms with Crippen LogP contribution in [0.5, 0.6) is 0 Å². The molecular weight excluding hydrogens is 526 g/mol. The molecule has 0 spiro atoms. The minimum Gasteiger partial charge on any atom is -0.436 e. The number of alkyl halides is 4. The molecule has 11 heteroatoms. The molecule has 1 atom stereocenters. The van der Waals surface area contributed by atoms with Crippen LogP contribution in [0, 0.1) is 6.57 Å². The molecule has 1 saturated heterocycles. The summed E-state index contributed by atoms with van der Waals surface area (Å²) in [5, 5.41) is 2.86. The van der Waals surface area contributed by atoms with Gasteiger partial charge in [-0.25, -0.2) is 14.2 Å². The van der Waals surface area contributed by atoms with Crippen LogP contribution in [0.3, 0.4) is 0 Å². The number of piperazine rings is 1. The molecule has 206 valence electrons. The summed E-state index contributed by atoms with van der Waals surface area (Å²) in [6.45, 7) is 11.2. The van der Waals surface area contributed by atoms with E-state index in [9.17, 15) is 22.4 Å². The molecule has 1 unspecified atom stereocenters. The van der Waals surface area contributed by atoms with E-state index in [-0.39, 0.29) is 29.6 Å². The number of carbonyl (C=O) groups is 1. The molecule has 0 saturated carbocycles. The Kier molecular flexibility index (Phi) is 7.45. The molecule has 1 aliphatic rings. The fraction of sp³-hybridized carbons (Fsp3) is 0.276. The largest absolute Gasteiger partial charge is 0.436 e. The summed E-state index contributed by atoms with van der Waals surface area (Å²) in [6.07, 6.45) is -5.69. The molecule has 0 radical (unpaired) electrons. The summed E-state index contributed by atoms with van der Waals surface area (Å²) < 4.78 is 58.3. The van der Waals surface area contributed by atoms with E-state index in [0.717, 1.165) is 17.8 Å². The summed E-state index contributed by atoms with van der Waals surface area (Å²) >= 11 is 0. The number of hydrogen-bond donors (Lipinski definition) is 1. The quantitative estimate of drug-likeness (QED) is 0.210. The predicted molar refractivity (Wildman–Crippen MR) is 144 cm³/mol. The SMILES string of the molecule is [C-]#[N+]c1cc(C(C)F)c2oc(-c3ccc(NC(=O)CN4CCN(c5ccc(C(F)(F)F)cc5)CC4)cc3)nc2c1. The second-order valence-electron chi connectivity index (χ2n) is 9.56. The van der Waals surface area contributed by atoms with Crippen LogP contribution in [0.4, 0.5) is 34.6 Å². The van der Waals surface area contributed by atoms with Crippen LogP contribution in [0.2, 0.25) is 0 Å². The van der Waals surface area contributed by atoms with Crippen LogP contribution in [0.25, 0.3) is 27.4 Å². The van der Waals surface area contributed by atoms with Crippen LogP contribution < -0.4 is 10.2 Å². The minimum absolute atomic E-state index is 0.182. The summed E-state index contributed by atoms with van der Waals surface area (Å²) in [5.41, 5.74) is 2.52. The highest BCUT2D eigenvalue weighted by atomic mass is 19.4. The van der Waals surface area contributed by atoms with Gasteiger partial charge in [0.2, 0.25) is 11.8 Å². The maximum atomic E-state index is 14.1. The third-order valence-corrected chi connectivity index (χ3v) is 6.78. The molecule has 40 heavy (non-hydrogen) atoms. The molecule has 1 aromatic heterocycles. The normalized spacial score (nSPS) is 15.2. The molecule has 1 N–H and O–H groups in total. The van der Waals surface area contributed by atoms with Crippen LogP contribution in [-0.2, 0) is 11.0 Å². The molecule has 0 aliphatic carbocycles. The van der Waals surface area contributed by atoms with E-state index in [1.54, 1.807) is 30.3 Å². The van der Waals surface area contributed by atoms with Gasteiger partial charge in [0.15, 0.2) is 11.3 Å². The smallest absolute Gasteiger partial charge is 0.416 e. The van der Waals surface area contributed by atoms with Crippen LogP contribution >= 0.6 is 0 Å². The van der Waals surface area contributed by atoms with Crippen molar-refractivity contribution in [3.05, 3.63) is 83.2 Å². The molecule has 2 heterocycles. The fourth-order valence-electron chi connectivity index (χ4n) is 4.65. The second-order valence-corrected chi connectivity index (χ2v) is 9.56. The van der Waals surface area contributed by atoms with Crippen molar-refractivity contribution < 1.29 is 26.8 Å². The van der Waals surface area contributed by atoms with Gasteiger partial charge < -0.3 is 14.6 Å². The molecule has 3 aromatic carbocycles. The van der Waals surface area contributed by atoms with E-state index in [2.05, 4.69) is 15.1 Å². The van der Waals surface area contributed by atoms with Gasteiger partial charge in [-0.15, -0.1) is 0 Å². The Morgan fingerprint density at radius 1 is 1.07 bits per heavy atom. The van der Waals surface area contributed by atoms with Gasteiger partial charge in [-0.3, -0.25) is 9.69 Å². The van der Waals surface area contributed by atoms with E-state index in [1.807, 2.05) is 9.80 Å². The summed E-state index contributed by atoms with van der Waals surface area (Å²) in [6, 6.07) is 15.0. The van der Waals surface area contributed by atoms with Crippen molar-refractivity contribution in [1.29, 1.82) is 0 Å². The number of amides is 1. The lowest BCUT2D eigenvalue weighted by atomic mass is 10.1. The van der Waals surface area contributed by atoms with Gasteiger partial charge in [0.1, 0.15) is 6.17 Å². The zero-order valence-electron chi connectivity index (χ0n) is 21.5. The number of anilines is 2. The summed E-state index contributed by atoms with van der Waals surface area (Å²) in [5.74, 6) is 0.0914. The van der Waals surface area contributed by atoms with E-state index >= 15 is 0 Å². The molecule has 1 amide bonds. The molecular formula is C29H25F4N5O2. The highest BCUT2D eigenvalue weighted by Gasteiger charge is 2.30. The van der Waals surface area contributed by atoms with Gasteiger partial charge in [0.05, 0.1) is 24.2 Å². The van der Waals surface area contributed by atoms with Crippen molar-refractivity contribution >= 4 is 34.1 Å². The number of rotatable bonds is 6. The molecule has 0 bridgehead atoms. The van der Waals surface area contributed by atoms with Gasteiger partial charge in [-0.05, 0) is 67.6 Å². The number of fused-ring (bicyclic) bond motifs is 1. The van der Waals surface area contributed by atoms with E-state index in [1.165, 1.54) is 25.1 Å². The number of aromatic nitrogens is 1. The first-order chi connectivity index (χ1) is 19.1. The third-order valence-electron chi connectivity index (χ3n) is 6.78. The van der Waals surface area contributed by atoms with Gasteiger partial charge in [-0.1, -0.05) is 0 Å². The van der Waals surface area contributed by atoms with Crippen molar-refractivity contribution in [3.8, 4) is 11.5 Å². The average molecular weight is 552 g/mol. The van der Waals surface area contributed by atoms with Crippen molar-refractivity contribution in [2.45, 2.75) is 19.3 Å². The molecule has 1 aliphatic heterocycles. The standard InChI is InChI=1S/C29H25F4N5O2/c1-18(30)24-15-22(34-2)16-25-27(24)40-28(36-25)19-3-7-21(8-4-19)35-26(39)17-37-11-13-38(14-12-37)23-9-5-20(6-10-23)29(31,32)33/h3-10,15-16,18H,11-14,17H2,1H3,(H,35,39). The monoisotopic (exact) mass is 551 g/mol. The first-order valence-corrected chi connectivity index (χ1v) is 12.6. The fourth-order valence-corrected chi connectivity index (χ4v) is 4.65. The predicted octanol–water partition coefficient (Wildman–Crippen LogP) is 6.86. The van der Waals surface area contributed by atoms with E-state index in [0.29, 0.717) is 48.5 Å². The highest BCUT2D eigenvalue weighted by Crippen LogP contribution is 2.35. The Morgan fingerprint density at radius 3 is 2.35 bits per heavy atom. The molecule has 5 rings (SSSR count). The second kappa shape index (κ2) is 11.0. The molecule has 7 nitrogen and oxygen atoms in total. The molecule has 4 aromatic rings. The lowest BCUT2D eigenvalue weighted by molar-refractivity contribution is -0.137. The number of benzene rings is 3. The maximum absolute atomic E-state index is 14.1. The number of carbonyl (C=O) groups excluding carboxylic acids is 1. The Bertz CT molecular complexity index is 1550. The Hall–Kier alpha value is -4.43. The third kappa shape index (κ3) is 5.92. The Balaban J connectivity index is 1.16. The van der Waals surface area contributed by atoms with Gasteiger partial charge in [0, 0.05) is 48.7 Å². The Labute approximate surface area is 227 Å². The van der Waals surface area contributed by atoms with Gasteiger partial charge in [0.25, 0.3) is 0 Å². The maximum Gasteiger partial charge on any atom is 0.416 e. The van der Waals surface area contributed by atoms with Crippen molar-refractivity contribution in [3.63, 3.8) is 0 Å². The number of hydrogen-bond acceptors (Lipinski definition) is 5. The zero-order valence-corrected chi connectivity index (χ0v) is 21.5.